The molecule has 0 rings (SSSR count). The fourth-order valence-corrected chi connectivity index (χ4v) is 6.02. The number of hydrogen-bond acceptors (Lipinski definition) is 8. The molecule has 10 heteroatoms. The average molecular weight is 728 g/mol. The van der Waals surface area contributed by atoms with Crippen molar-refractivity contribution >= 4 is 19.8 Å². The molecule has 0 aliphatic heterocycles. The zero-order valence-corrected chi connectivity index (χ0v) is 32.8. The smallest absolute Gasteiger partial charge is 0.462 e. The minimum Gasteiger partial charge on any atom is -0.462 e. The van der Waals surface area contributed by atoms with Crippen molar-refractivity contribution in [1.29, 1.82) is 0 Å². The molecular formula is C40H74NO8P. The lowest BCUT2D eigenvalue weighted by Gasteiger charge is -2.19. The number of carbonyl (C=O) groups excluding carboxylic acids is 2. The highest BCUT2D eigenvalue weighted by atomic mass is 31.2. The van der Waals surface area contributed by atoms with Crippen molar-refractivity contribution in [3.63, 3.8) is 0 Å². The molecule has 9 nitrogen and oxygen atoms in total. The minimum atomic E-state index is -4.37. The van der Waals surface area contributed by atoms with E-state index in [1.54, 1.807) is 0 Å². The van der Waals surface area contributed by atoms with E-state index in [1.165, 1.54) is 64.2 Å². The summed E-state index contributed by atoms with van der Waals surface area (Å²) >= 11 is 0. The molecule has 0 radical (unpaired) electrons. The molecule has 0 spiro atoms. The summed E-state index contributed by atoms with van der Waals surface area (Å²) in [7, 11) is -4.37. The Hall–Kier alpha value is -1.77. The highest BCUT2D eigenvalue weighted by Gasteiger charge is 2.25. The van der Waals surface area contributed by atoms with Crippen molar-refractivity contribution < 1.29 is 37.6 Å². The largest absolute Gasteiger partial charge is 0.472 e. The summed E-state index contributed by atoms with van der Waals surface area (Å²) < 4.78 is 32.6. The molecule has 0 amide bonds. The number of rotatable bonds is 37. The van der Waals surface area contributed by atoms with E-state index >= 15 is 0 Å². The molecule has 0 saturated carbocycles. The molecule has 0 heterocycles. The van der Waals surface area contributed by atoms with Crippen molar-refractivity contribution in [3.8, 4) is 0 Å². The lowest BCUT2D eigenvalue weighted by molar-refractivity contribution is -0.161. The van der Waals surface area contributed by atoms with Gasteiger partial charge in [0.05, 0.1) is 13.2 Å². The van der Waals surface area contributed by atoms with E-state index in [-0.39, 0.29) is 32.6 Å². The molecule has 2 atom stereocenters. The van der Waals surface area contributed by atoms with Gasteiger partial charge in [-0.3, -0.25) is 18.6 Å². The van der Waals surface area contributed by atoms with Gasteiger partial charge in [0.15, 0.2) is 6.10 Å². The van der Waals surface area contributed by atoms with Crippen LogP contribution >= 0.6 is 7.82 Å². The van der Waals surface area contributed by atoms with Gasteiger partial charge >= 0.3 is 19.8 Å². The number of carbonyl (C=O) groups is 2. The lowest BCUT2D eigenvalue weighted by atomic mass is 10.1. The second-order valence-electron chi connectivity index (χ2n) is 13.1. The van der Waals surface area contributed by atoms with Gasteiger partial charge in [0.1, 0.15) is 6.61 Å². The van der Waals surface area contributed by atoms with Crippen LogP contribution in [0.25, 0.3) is 0 Å². The second kappa shape index (κ2) is 37.0. The Balaban J connectivity index is 4.16. The van der Waals surface area contributed by atoms with Crippen LogP contribution in [0.15, 0.2) is 36.5 Å². The Labute approximate surface area is 305 Å². The first-order valence-corrected chi connectivity index (χ1v) is 21.5. The van der Waals surface area contributed by atoms with Gasteiger partial charge in [-0.2, -0.15) is 0 Å². The molecule has 0 aromatic carbocycles. The van der Waals surface area contributed by atoms with E-state index in [0.29, 0.717) is 6.42 Å². The Morgan fingerprint density at radius 2 is 1.08 bits per heavy atom. The molecule has 0 aromatic heterocycles. The van der Waals surface area contributed by atoms with Gasteiger partial charge in [0.2, 0.25) is 0 Å². The van der Waals surface area contributed by atoms with Crippen molar-refractivity contribution in [3.05, 3.63) is 36.5 Å². The average Bonchev–Trinajstić information content (AvgIpc) is 3.10. The number of phosphoric acid groups is 1. The Bertz CT molecular complexity index is 923. The molecular weight excluding hydrogens is 653 g/mol. The summed E-state index contributed by atoms with van der Waals surface area (Å²) in [6.45, 7) is 3.62. The molecule has 292 valence electrons. The Morgan fingerprint density at radius 1 is 0.600 bits per heavy atom. The molecule has 0 aromatic rings. The van der Waals surface area contributed by atoms with E-state index in [2.05, 4.69) is 50.3 Å². The maximum atomic E-state index is 12.5. The third-order valence-corrected chi connectivity index (χ3v) is 9.21. The summed E-state index contributed by atoms with van der Waals surface area (Å²) in [5.41, 5.74) is 5.33. The molecule has 0 aliphatic rings. The van der Waals surface area contributed by atoms with Crippen LogP contribution in [-0.4, -0.2) is 49.3 Å². The van der Waals surface area contributed by atoms with Gasteiger partial charge in [-0.1, -0.05) is 134 Å². The first-order valence-electron chi connectivity index (χ1n) is 20.0. The standard InChI is InChI=1S/C40H74NO8P/c1-3-5-7-9-11-13-15-16-17-18-19-20-21-22-23-25-27-29-31-33-40(43)49-38(37-48-50(44,45)47-35-34-41)36-46-39(42)32-30-28-26-24-14-12-10-8-6-4-2/h8,10-11,13,16-17,38H,3-7,9,12,14-15,18-37,41H2,1-2H3,(H,44,45)/b10-8-,13-11-,17-16-. The summed E-state index contributed by atoms with van der Waals surface area (Å²) in [6.07, 6.45) is 38.9. The van der Waals surface area contributed by atoms with E-state index in [1.807, 2.05) is 0 Å². The normalized spacial score (nSPS) is 13.8. The molecule has 2 unspecified atom stereocenters. The number of esters is 2. The SMILES string of the molecule is CCC/C=C\CCCCCCCC(=O)OCC(COP(=O)(O)OCCN)OC(=O)CCCCCCCCCCC/C=C\C/C=C\CCCCC. The first-order chi connectivity index (χ1) is 24.3. The van der Waals surface area contributed by atoms with Gasteiger partial charge in [0, 0.05) is 19.4 Å². The fraction of sp³-hybridized carbons (Fsp3) is 0.800. The van der Waals surface area contributed by atoms with Crippen LogP contribution in [0.5, 0.6) is 0 Å². The molecule has 3 N–H and O–H groups in total. The maximum absolute atomic E-state index is 12.5. The van der Waals surface area contributed by atoms with E-state index in [0.717, 1.165) is 77.0 Å². The van der Waals surface area contributed by atoms with Gasteiger partial charge in [-0.25, -0.2) is 4.57 Å². The van der Waals surface area contributed by atoms with Gasteiger partial charge < -0.3 is 20.1 Å². The second-order valence-corrected chi connectivity index (χ2v) is 14.6. The number of ether oxygens (including phenoxy) is 2. The number of hydrogen-bond donors (Lipinski definition) is 2. The van der Waals surface area contributed by atoms with Crippen molar-refractivity contribution in [2.75, 3.05) is 26.4 Å². The molecule has 0 bridgehead atoms. The zero-order chi connectivity index (χ0) is 36.8. The minimum absolute atomic E-state index is 0.0511. The van der Waals surface area contributed by atoms with Crippen molar-refractivity contribution in [2.24, 2.45) is 5.73 Å². The molecule has 50 heavy (non-hydrogen) atoms. The van der Waals surface area contributed by atoms with E-state index in [4.69, 9.17) is 24.3 Å². The van der Waals surface area contributed by atoms with Gasteiger partial charge in [-0.05, 0) is 64.2 Å². The molecule has 0 aliphatic carbocycles. The van der Waals surface area contributed by atoms with Crippen LogP contribution < -0.4 is 5.73 Å². The van der Waals surface area contributed by atoms with Crippen LogP contribution in [0, 0.1) is 0 Å². The van der Waals surface area contributed by atoms with Crippen LogP contribution in [0.1, 0.15) is 174 Å². The molecule has 0 saturated heterocycles. The van der Waals surface area contributed by atoms with Crippen LogP contribution in [0.4, 0.5) is 0 Å². The highest BCUT2D eigenvalue weighted by molar-refractivity contribution is 7.47. The number of allylic oxidation sites excluding steroid dienone is 6. The van der Waals surface area contributed by atoms with Crippen molar-refractivity contribution in [2.45, 2.75) is 180 Å². The predicted molar refractivity (Wildman–Crippen MR) is 206 cm³/mol. The van der Waals surface area contributed by atoms with Gasteiger partial charge in [0.25, 0.3) is 0 Å². The number of nitrogens with two attached hydrogens (primary N) is 1. The zero-order valence-electron chi connectivity index (χ0n) is 31.9. The molecule has 0 fully saturated rings. The quantitative estimate of drug-likeness (QED) is 0.0277. The number of unbranched alkanes of at least 4 members (excludes halogenated alkanes) is 18. The summed E-state index contributed by atoms with van der Waals surface area (Å²) in [5, 5.41) is 0. The predicted octanol–water partition coefficient (Wildman–Crippen LogP) is 11.0. The Kier molecular flexibility index (Phi) is 35.7. The van der Waals surface area contributed by atoms with Crippen LogP contribution in [0.3, 0.4) is 0 Å². The summed E-state index contributed by atoms with van der Waals surface area (Å²) in [6, 6.07) is 0. The third kappa shape index (κ3) is 36.0. The van der Waals surface area contributed by atoms with Crippen LogP contribution in [-0.2, 0) is 32.7 Å². The highest BCUT2D eigenvalue weighted by Crippen LogP contribution is 2.43. The summed E-state index contributed by atoms with van der Waals surface area (Å²) in [4.78, 5) is 34.7. The third-order valence-electron chi connectivity index (χ3n) is 8.23. The van der Waals surface area contributed by atoms with E-state index < -0.39 is 32.5 Å². The first kappa shape index (κ1) is 48.2. The Morgan fingerprint density at radius 3 is 1.62 bits per heavy atom. The van der Waals surface area contributed by atoms with E-state index in [9.17, 15) is 19.0 Å². The van der Waals surface area contributed by atoms with Gasteiger partial charge in [-0.15, -0.1) is 0 Å². The fourth-order valence-electron chi connectivity index (χ4n) is 5.25. The summed E-state index contributed by atoms with van der Waals surface area (Å²) in [5.74, 6) is -0.847. The monoisotopic (exact) mass is 728 g/mol. The number of phosphoric ester groups is 1. The lowest BCUT2D eigenvalue weighted by Crippen LogP contribution is -2.29. The van der Waals surface area contributed by atoms with Crippen LogP contribution in [0.2, 0.25) is 0 Å². The van der Waals surface area contributed by atoms with Crippen molar-refractivity contribution in [1.82, 2.24) is 0 Å². The topological polar surface area (TPSA) is 134 Å². The maximum Gasteiger partial charge on any atom is 0.472 e.